The van der Waals surface area contributed by atoms with Crippen LogP contribution < -0.4 is 0 Å². The molecule has 4 fully saturated rings. The number of aliphatic hydroxyl groups is 2. The summed E-state index contributed by atoms with van der Waals surface area (Å²) < 4.78 is 34.4. The van der Waals surface area contributed by atoms with Crippen LogP contribution in [0.15, 0.2) is 14.6 Å². The molecule has 4 aliphatic rings. The second-order valence-electron chi connectivity index (χ2n) is 16.3. The molecule has 0 saturated carbocycles. The minimum absolute atomic E-state index is 0.144. The number of halogens is 1. The van der Waals surface area contributed by atoms with Gasteiger partial charge in [0.15, 0.2) is 12.4 Å². The number of aliphatic hydroxyl groups excluding tert-OH is 1. The Morgan fingerprint density at radius 3 is 2.35 bits per heavy atom. The summed E-state index contributed by atoms with van der Waals surface area (Å²) in [6, 6.07) is -0.228. The molecule has 0 aromatic heterocycles. The first-order valence-electron chi connectivity index (χ1n) is 18.9. The third kappa shape index (κ3) is 10.8. The van der Waals surface area contributed by atoms with E-state index in [9.17, 15) is 24.6 Å². The lowest BCUT2D eigenvalue weighted by Crippen LogP contribution is -2.60. The summed E-state index contributed by atoms with van der Waals surface area (Å²) in [5, 5.41) is 24.4. The highest BCUT2D eigenvalue weighted by Crippen LogP contribution is 2.43. The molecule has 4 saturated heterocycles. The second kappa shape index (κ2) is 18.9. The lowest BCUT2D eigenvalue weighted by atomic mass is 9.70. The molecule has 4 aliphatic heterocycles. The summed E-state index contributed by atoms with van der Waals surface area (Å²) >= 11 is 2.22. The van der Waals surface area contributed by atoms with Crippen molar-refractivity contribution in [1.82, 2.24) is 4.90 Å². The molecular formula is C39H65IN2O10. The molecule has 298 valence electrons. The van der Waals surface area contributed by atoms with Crippen LogP contribution in [0, 0.1) is 29.6 Å². The van der Waals surface area contributed by atoms with Crippen LogP contribution in [0.5, 0.6) is 0 Å². The molecule has 0 radical (unpaired) electrons. The van der Waals surface area contributed by atoms with Crippen molar-refractivity contribution >= 4 is 46.1 Å². The molecule has 4 rings (SSSR count). The zero-order chi connectivity index (χ0) is 39.3. The molecule has 13 heteroatoms. The van der Waals surface area contributed by atoms with Crippen molar-refractivity contribution in [2.75, 3.05) is 20.7 Å². The average Bonchev–Trinajstić information content (AvgIpc) is 3.05. The average molecular weight is 849 g/mol. The fraction of sp³-hybridized carbons (Fsp3) is 0.846. The van der Waals surface area contributed by atoms with Gasteiger partial charge >= 0.3 is 11.9 Å². The molecule has 14 atom stereocenters. The van der Waals surface area contributed by atoms with Gasteiger partial charge in [-0.15, -0.1) is 0 Å². The van der Waals surface area contributed by atoms with E-state index in [1.165, 1.54) is 13.8 Å². The number of hydrogen-bond donors (Lipinski definition) is 2. The molecule has 2 N–H and O–H groups in total. The zero-order valence-electron chi connectivity index (χ0n) is 33.4. The molecule has 0 unspecified atom stereocenters. The van der Waals surface area contributed by atoms with Crippen LogP contribution in [0.4, 0.5) is 0 Å². The Hall–Kier alpha value is -1.49. The van der Waals surface area contributed by atoms with E-state index in [0.717, 1.165) is 5.57 Å². The zero-order valence-corrected chi connectivity index (χ0v) is 35.5. The highest BCUT2D eigenvalue weighted by Gasteiger charge is 2.52. The molecule has 52 heavy (non-hydrogen) atoms. The Kier molecular flexibility index (Phi) is 16.3. The van der Waals surface area contributed by atoms with Crippen LogP contribution in [0.1, 0.15) is 108 Å². The van der Waals surface area contributed by atoms with Crippen LogP contribution in [-0.2, 0) is 38.1 Å². The number of carbonyl (C=O) groups is 3. The van der Waals surface area contributed by atoms with E-state index in [0.29, 0.717) is 44.2 Å². The lowest BCUT2D eigenvalue weighted by molar-refractivity contribution is -0.304. The number of esters is 2. The third-order valence-electron chi connectivity index (χ3n) is 11.7. The quantitative estimate of drug-likeness (QED) is 0.262. The van der Waals surface area contributed by atoms with Crippen molar-refractivity contribution in [3.05, 3.63) is 9.66 Å². The Morgan fingerprint density at radius 1 is 1.13 bits per heavy atom. The molecule has 0 spiro atoms. The number of aliphatic imine (C=N–C) groups is 1. The van der Waals surface area contributed by atoms with Gasteiger partial charge in [0.05, 0.1) is 42.5 Å². The van der Waals surface area contributed by atoms with E-state index >= 15 is 0 Å². The van der Waals surface area contributed by atoms with Crippen molar-refractivity contribution in [3.63, 3.8) is 0 Å². The van der Waals surface area contributed by atoms with Crippen LogP contribution >= 0.6 is 22.6 Å². The van der Waals surface area contributed by atoms with Crippen molar-refractivity contribution < 1.29 is 48.3 Å². The monoisotopic (exact) mass is 848 g/mol. The van der Waals surface area contributed by atoms with E-state index in [2.05, 4.69) is 34.5 Å². The SMILES string of the molecule is CC[C@H]1OC(=O)[C@H](C)[C@@H](O)[C@H](C)[C@@H](O[C@@H]2O[C@H](C)C[C@H](N(C)C)[C@H]2OC(C)=O)[C@@]2(C)C[C@@H](C)C(=NC(C)=O)C[C@H](C)[C@@H](CC/C(=C\I)CO2)[C@]1(C)O. The standard InChI is InChI=1S/C39H65IN2O10/c1-13-32-39(10,47)29-15-14-28(19-40)20-48-38(9,18-22(3)30(16-21(29)2)41-26(7)43)35(24(5)33(45)25(6)36(46)51-32)52-37-34(50-27(8)44)31(42(11)12)17-23(4)49-37/h19,21-25,29,31-35,37,45,47H,13-18,20H2,1-12H3/b28-19+,41-30?/t21-,22+,23+,24-,25+,29+,31-,32+,33-,34+,35+,37-,38+,39-/m0/s1. The smallest absolute Gasteiger partial charge is 0.311 e. The topological polar surface area (TPSA) is 153 Å². The largest absolute Gasteiger partial charge is 0.459 e. The van der Waals surface area contributed by atoms with E-state index in [-0.39, 0.29) is 42.4 Å². The maximum absolute atomic E-state index is 13.9. The lowest BCUT2D eigenvalue weighted by Gasteiger charge is -2.49. The van der Waals surface area contributed by atoms with Crippen LogP contribution in [0.2, 0.25) is 0 Å². The highest BCUT2D eigenvalue weighted by molar-refractivity contribution is 14.1. The Balaban J connectivity index is 2.34. The Morgan fingerprint density at radius 2 is 1.79 bits per heavy atom. The number of carbonyl (C=O) groups excluding carboxylic acids is 3. The van der Waals surface area contributed by atoms with Crippen molar-refractivity contribution in [3.8, 4) is 0 Å². The molecule has 0 aromatic rings. The normalized spacial score (nSPS) is 43.2. The Bertz CT molecular complexity index is 1310. The van der Waals surface area contributed by atoms with Gasteiger partial charge in [-0.3, -0.25) is 14.4 Å². The summed E-state index contributed by atoms with van der Waals surface area (Å²) in [7, 11) is 3.83. The molecule has 4 heterocycles. The van der Waals surface area contributed by atoms with Crippen LogP contribution in [0.25, 0.3) is 0 Å². The van der Waals surface area contributed by atoms with Crippen LogP contribution in [0.3, 0.4) is 0 Å². The number of likely N-dealkylation sites (N-methyl/N-ethyl adjacent to an activating group) is 1. The number of hydrogen-bond acceptors (Lipinski definition) is 11. The molecule has 1 amide bonds. The first-order valence-corrected chi connectivity index (χ1v) is 20.2. The van der Waals surface area contributed by atoms with Crippen molar-refractivity contribution in [1.29, 1.82) is 0 Å². The predicted molar refractivity (Wildman–Crippen MR) is 207 cm³/mol. The minimum atomic E-state index is -1.43. The number of rotatable bonds is 5. The number of nitrogens with zero attached hydrogens (tertiary/aromatic N) is 2. The van der Waals surface area contributed by atoms with Crippen molar-refractivity contribution in [2.45, 2.75) is 162 Å². The van der Waals surface area contributed by atoms with Gasteiger partial charge in [0.2, 0.25) is 5.91 Å². The fourth-order valence-electron chi connectivity index (χ4n) is 8.73. The summed E-state index contributed by atoms with van der Waals surface area (Å²) in [6.45, 7) is 18.0. The summed E-state index contributed by atoms with van der Waals surface area (Å²) in [6.07, 6.45) is -2.26. The van der Waals surface area contributed by atoms with Gasteiger partial charge in [-0.05, 0) is 108 Å². The van der Waals surface area contributed by atoms with Gasteiger partial charge in [-0.25, -0.2) is 4.99 Å². The molecular weight excluding hydrogens is 783 g/mol. The number of ether oxygens (including phenoxy) is 5. The van der Waals surface area contributed by atoms with Crippen molar-refractivity contribution in [2.24, 2.45) is 34.6 Å². The predicted octanol–water partition coefficient (Wildman–Crippen LogP) is 5.63. The number of fused-ring (bicyclic) bond motifs is 15. The molecule has 0 aliphatic carbocycles. The third-order valence-corrected chi connectivity index (χ3v) is 12.6. The Labute approximate surface area is 324 Å². The summed E-state index contributed by atoms with van der Waals surface area (Å²) in [5.74, 6) is -3.95. The van der Waals surface area contributed by atoms with Gasteiger partial charge in [0.25, 0.3) is 0 Å². The molecule has 2 bridgehead atoms. The van der Waals surface area contributed by atoms with E-state index < -0.39 is 65.7 Å². The van der Waals surface area contributed by atoms with Gasteiger partial charge in [0.1, 0.15) is 11.7 Å². The number of amides is 1. The highest BCUT2D eigenvalue weighted by atomic mass is 127. The summed E-state index contributed by atoms with van der Waals surface area (Å²) in [4.78, 5) is 45.5. The molecule has 12 nitrogen and oxygen atoms in total. The van der Waals surface area contributed by atoms with E-state index in [4.69, 9.17) is 23.7 Å². The second-order valence-corrected chi connectivity index (χ2v) is 17.0. The van der Waals surface area contributed by atoms with E-state index in [1.54, 1.807) is 13.8 Å². The first kappa shape index (κ1) is 44.9. The van der Waals surface area contributed by atoms with Gasteiger partial charge < -0.3 is 38.8 Å². The van der Waals surface area contributed by atoms with Gasteiger partial charge in [0, 0.05) is 25.5 Å². The maximum atomic E-state index is 13.9. The summed E-state index contributed by atoms with van der Waals surface area (Å²) in [5.41, 5.74) is -0.895. The molecule has 0 aromatic carbocycles. The van der Waals surface area contributed by atoms with E-state index in [1.807, 2.05) is 57.7 Å². The van der Waals surface area contributed by atoms with Crippen LogP contribution in [-0.4, -0.2) is 113 Å². The fourth-order valence-corrected chi connectivity index (χ4v) is 9.22. The first-order chi connectivity index (χ1) is 24.2. The minimum Gasteiger partial charge on any atom is -0.459 e. The van der Waals surface area contributed by atoms with Gasteiger partial charge in [-0.2, -0.15) is 0 Å². The van der Waals surface area contributed by atoms with Gasteiger partial charge in [-0.1, -0.05) is 50.3 Å². The maximum Gasteiger partial charge on any atom is 0.311 e.